The van der Waals surface area contributed by atoms with Crippen LogP contribution in [0.2, 0.25) is 0 Å². The average Bonchev–Trinajstić information content (AvgIpc) is 2.84. The van der Waals surface area contributed by atoms with Gasteiger partial charge in [0.2, 0.25) is 5.76 Å². The van der Waals surface area contributed by atoms with Gasteiger partial charge in [0.05, 0.1) is 5.69 Å². The Labute approximate surface area is 141 Å². The molecule has 0 saturated heterocycles. The molecule has 1 aromatic carbocycles. The van der Waals surface area contributed by atoms with E-state index in [2.05, 4.69) is 20.9 Å². The fourth-order valence-electron chi connectivity index (χ4n) is 2.87. The van der Waals surface area contributed by atoms with Crippen LogP contribution >= 0.6 is 15.9 Å². The number of aryl methyl sites for hydroxylation is 2. The number of aromatic nitrogens is 1. The van der Waals surface area contributed by atoms with E-state index in [4.69, 9.17) is 4.42 Å². The van der Waals surface area contributed by atoms with Crippen molar-refractivity contribution in [3.63, 3.8) is 0 Å². The van der Waals surface area contributed by atoms with Gasteiger partial charge in [0, 0.05) is 24.4 Å². The first-order valence-corrected chi connectivity index (χ1v) is 7.92. The van der Waals surface area contributed by atoms with E-state index in [0.29, 0.717) is 11.6 Å². The summed E-state index contributed by atoms with van der Waals surface area (Å²) in [5, 5.41) is 9.54. The van der Waals surface area contributed by atoms with Crippen molar-refractivity contribution >= 4 is 27.8 Å². The SMILES string of the molecule is Cc1nc(C)c(C(=O)N2Cc3cccc(Br)c3CC2C(=O)O)o1. The maximum Gasteiger partial charge on any atom is 0.326 e. The van der Waals surface area contributed by atoms with Gasteiger partial charge in [-0.25, -0.2) is 9.78 Å². The van der Waals surface area contributed by atoms with E-state index in [1.165, 1.54) is 4.90 Å². The number of hydrogen-bond donors (Lipinski definition) is 1. The minimum absolute atomic E-state index is 0.104. The van der Waals surface area contributed by atoms with Gasteiger partial charge in [-0.15, -0.1) is 0 Å². The highest BCUT2D eigenvalue weighted by Gasteiger charge is 2.37. The maximum absolute atomic E-state index is 12.8. The van der Waals surface area contributed by atoms with Gasteiger partial charge >= 0.3 is 5.97 Å². The summed E-state index contributed by atoms with van der Waals surface area (Å²) in [5.41, 5.74) is 2.32. The summed E-state index contributed by atoms with van der Waals surface area (Å²) in [6.07, 6.45) is 0.254. The van der Waals surface area contributed by atoms with Gasteiger partial charge < -0.3 is 14.4 Å². The van der Waals surface area contributed by atoms with Crippen LogP contribution in [0.5, 0.6) is 0 Å². The van der Waals surface area contributed by atoms with Crippen molar-refractivity contribution in [2.45, 2.75) is 32.9 Å². The molecule has 0 fully saturated rings. The normalized spacial score (nSPS) is 17.0. The van der Waals surface area contributed by atoms with Crippen molar-refractivity contribution in [2.24, 2.45) is 0 Å². The van der Waals surface area contributed by atoms with Crippen molar-refractivity contribution in [2.75, 3.05) is 0 Å². The Hall–Kier alpha value is -2.15. The number of carboxylic acids is 1. The largest absolute Gasteiger partial charge is 0.480 e. The number of nitrogens with zero attached hydrogens (tertiary/aromatic N) is 2. The summed E-state index contributed by atoms with van der Waals surface area (Å²) in [4.78, 5) is 29.8. The zero-order valence-electron chi connectivity index (χ0n) is 12.7. The van der Waals surface area contributed by atoms with Gasteiger partial charge in [0.1, 0.15) is 6.04 Å². The number of amides is 1. The predicted molar refractivity (Wildman–Crippen MR) is 85.1 cm³/mol. The summed E-state index contributed by atoms with van der Waals surface area (Å²) in [6, 6.07) is 4.71. The lowest BCUT2D eigenvalue weighted by Crippen LogP contribution is -2.48. The lowest BCUT2D eigenvalue weighted by Gasteiger charge is -2.34. The number of carboxylic acid groups (broad SMARTS) is 1. The molecule has 120 valence electrons. The van der Waals surface area contributed by atoms with Crippen LogP contribution in [0.3, 0.4) is 0 Å². The molecule has 1 unspecified atom stereocenters. The van der Waals surface area contributed by atoms with E-state index in [1.54, 1.807) is 13.8 Å². The van der Waals surface area contributed by atoms with E-state index in [0.717, 1.165) is 15.6 Å². The fourth-order valence-corrected chi connectivity index (χ4v) is 3.44. The van der Waals surface area contributed by atoms with Crippen molar-refractivity contribution in [1.82, 2.24) is 9.88 Å². The molecule has 2 aromatic rings. The molecule has 0 radical (unpaired) electrons. The number of hydrogen-bond acceptors (Lipinski definition) is 4. The van der Waals surface area contributed by atoms with Crippen molar-refractivity contribution in [3.05, 3.63) is 51.1 Å². The summed E-state index contributed by atoms with van der Waals surface area (Å²) >= 11 is 3.45. The summed E-state index contributed by atoms with van der Waals surface area (Å²) < 4.78 is 6.23. The van der Waals surface area contributed by atoms with Gasteiger partial charge in [-0.1, -0.05) is 28.1 Å². The molecule has 23 heavy (non-hydrogen) atoms. The van der Waals surface area contributed by atoms with Gasteiger partial charge in [0.25, 0.3) is 5.91 Å². The lowest BCUT2D eigenvalue weighted by atomic mass is 9.93. The van der Waals surface area contributed by atoms with E-state index >= 15 is 0 Å². The highest BCUT2D eigenvalue weighted by molar-refractivity contribution is 9.10. The topological polar surface area (TPSA) is 83.6 Å². The Kier molecular flexibility index (Phi) is 3.97. The monoisotopic (exact) mass is 378 g/mol. The minimum atomic E-state index is -1.03. The average molecular weight is 379 g/mol. The summed E-state index contributed by atoms with van der Waals surface area (Å²) in [7, 11) is 0. The van der Waals surface area contributed by atoms with E-state index in [9.17, 15) is 14.7 Å². The number of carbonyl (C=O) groups excluding carboxylic acids is 1. The highest BCUT2D eigenvalue weighted by atomic mass is 79.9. The molecule has 0 aliphatic carbocycles. The van der Waals surface area contributed by atoms with Crippen LogP contribution in [0.1, 0.15) is 33.3 Å². The number of aliphatic carboxylic acids is 1. The molecule has 2 heterocycles. The van der Waals surface area contributed by atoms with Crippen molar-refractivity contribution in [3.8, 4) is 0 Å². The van der Waals surface area contributed by atoms with Crippen LogP contribution in [0.15, 0.2) is 27.1 Å². The van der Waals surface area contributed by atoms with Crippen molar-refractivity contribution in [1.29, 1.82) is 0 Å². The zero-order chi connectivity index (χ0) is 16.7. The van der Waals surface area contributed by atoms with Gasteiger partial charge in [-0.05, 0) is 24.1 Å². The number of rotatable bonds is 2. The molecule has 0 spiro atoms. The highest BCUT2D eigenvalue weighted by Crippen LogP contribution is 2.31. The van der Waals surface area contributed by atoms with E-state index in [1.807, 2.05) is 18.2 Å². The van der Waals surface area contributed by atoms with E-state index < -0.39 is 17.9 Å². The first-order chi connectivity index (χ1) is 10.9. The third kappa shape index (κ3) is 2.76. The smallest absolute Gasteiger partial charge is 0.326 e. The van der Waals surface area contributed by atoms with Crippen LogP contribution in [-0.4, -0.2) is 32.9 Å². The molecule has 7 heteroatoms. The third-order valence-electron chi connectivity index (χ3n) is 3.97. The quantitative estimate of drug-likeness (QED) is 0.868. The molecule has 1 N–H and O–H groups in total. The Balaban J connectivity index is 2.01. The number of carbonyl (C=O) groups is 2. The summed E-state index contributed by atoms with van der Waals surface area (Å²) in [6.45, 7) is 3.55. The van der Waals surface area contributed by atoms with Crippen LogP contribution in [0.25, 0.3) is 0 Å². The maximum atomic E-state index is 12.8. The van der Waals surface area contributed by atoms with Gasteiger partial charge in [-0.3, -0.25) is 4.79 Å². The van der Waals surface area contributed by atoms with Crippen LogP contribution in [0, 0.1) is 13.8 Å². The molecular weight excluding hydrogens is 364 g/mol. The minimum Gasteiger partial charge on any atom is -0.480 e. The molecule has 1 aliphatic heterocycles. The zero-order valence-corrected chi connectivity index (χ0v) is 14.3. The van der Waals surface area contributed by atoms with Gasteiger partial charge in [-0.2, -0.15) is 0 Å². The Bertz CT molecular complexity index is 799. The molecular formula is C16H15BrN2O4. The number of oxazole rings is 1. The van der Waals surface area contributed by atoms with Gasteiger partial charge in [0.15, 0.2) is 5.89 Å². The molecule has 1 aromatic heterocycles. The predicted octanol–water partition coefficient (Wildman–Crippen LogP) is 2.71. The van der Waals surface area contributed by atoms with Crippen LogP contribution in [-0.2, 0) is 17.8 Å². The van der Waals surface area contributed by atoms with Crippen molar-refractivity contribution < 1.29 is 19.1 Å². The number of benzene rings is 1. The summed E-state index contributed by atoms with van der Waals surface area (Å²) in [5.74, 6) is -0.986. The van der Waals surface area contributed by atoms with Crippen LogP contribution in [0.4, 0.5) is 0 Å². The second-order valence-corrected chi connectivity index (χ2v) is 6.37. The number of fused-ring (bicyclic) bond motifs is 1. The van der Waals surface area contributed by atoms with Crippen LogP contribution < -0.4 is 0 Å². The first kappa shape index (κ1) is 15.7. The molecule has 0 saturated carbocycles. The Morgan fingerprint density at radius 3 is 2.74 bits per heavy atom. The second kappa shape index (κ2) is 5.81. The standard InChI is InChI=1S/C16H15BrN2O4/c1-8-14(23-9(2)18-8)15(20)19-7-10-4-3-5-12(17)11(10)6-13(19)16(21)22/h3-5,13H,6-7H2,1-2H3,(H,21,22). The lowest BCUT2D eigenvalue weighted by molar-refractivity contribution is -0.142. The number of halogens is 1. The third-order valence-corrected chi connectivity index (χ3v) is 4.72. The van der Waals surface area contributed by atoms with E-state index in [-0.39, 0.29) is 18.7 Å². The fraction of sp³-hybridized carbons (Fsp3) is 0.312. The molecule has 1 aliphatic rings. The first-order valence-electron chi connectivity index (χ1n) is 7.12. The molecule has 3 rings (SSSR count). The Morgan fingerprint density at radius 1 is 1.39 bits per heavy atom. The second-order valence-electron chi connectivity index (χ2n) is 5.52. The Morgan fingerprint density at radius 2 is 2.13 bits per heavy atom. The molecule has 0 bridgehead atoms. The molecule has 1 amide bonds. The molecule has 1 atom stereocenters. The molecule has 6 nitrogen and oxygen atoms in total.